The molecule has 6 nitrogen and oxygen atoms in total. The Morgan fingerprint density at radius 1 is 0.853 bits per heavy atom. The number of amides is 2. The second-order valence-corrected chi connectivity index (χ2v) is 7.76. The molecule has 0 saturated carbocycles. The highest BCUT2D eigenvalue weighted by Gasteiger charge is 2.17. The van der Waals surface area contributed by atoms with Gasteiger partial charge in [-0.1, -0.05) is 74.5 Å². The van der Waals surface area contributed by atoms with Crippen molar-refractivity contribution in [1.82, 2.24) is 9.97 Å². The van der Waals surface area contributed by atoms with Gasteiger partial charge < -0.3 is 15.4 Å². The highest BCUT2D eigenvalue weighted by atomic mass is 16.5. The molecule has 2 amide bonds. The maximum atomic E-state index is 13.1. The van der Waals surface area contributed by atoms with Crippen LogP contribution in [0.3, 0.4) is 0 Å². The molecule has 0 fully saturated rings. The van der Waals surface area contributed by atoms with Gasteiger partial charge in [0.25, 0.3) is 0 Å². The molecule has 2 N–H and O–H groups in total. The number of rotatable bonds is 7. The Bertz CT molecular complexity index is 1270. The van der Waals surface area contributed by atoms with Crippen molar-refractivity contribution in [1.29, 1.82) is 0 Å². The van der Waals surface area contributed by atoms with Crippen molar-refractivity contribution < 1.29 is 9.53 Å². The van der Waals surface area contributed by atoms with Crippen LogP contribution in [0.4, 0.5) is 16.2 Å². The average molecular weight is 453 g/mol. The van der Waals surface area contributed by atoms with E-state index in [0.29, 0.717) is 23.0 Å². The fraction of sp³-hybridized carbons (Fsp3) is 0.179. The molecule has 6 heteroatoms. The Morgan fingerprint density at radius 2 is 1.53 bits per heavy atom. The maximum absolute atomic E-state index is 13.1. The van der Waals surface area contributed by atoms with E-state index in [2.05, 4.69) is 29.5 Å². The molecule has 0 spiro atoms. The monoisotopic (exact) mass is 452 g/mol. The van der Waals surface area contributed by atoms with Gasteiger partial charge in [0.1, 0.15) is 11.4 Å². The molecule has 0 radical (unpaired) electrons. The number of methoxy groups -OCH3 is 1. The molecule has 1 heterocycles. The predicted octanol–water partition coefficient (Wildman–Crippen LogP) is 6.59. The summed E-state index contributed by atoms with van der Waals surface area (Å²) in [4.78, 5) is 22.4. The molecular weight excluding hydrogens is 424 g/mol. The van der Waals surface area contributed by atoms with E-state index in [4.69, 9.17) is 9.72 Å². The van der Waals surface area contributed by atoms with Crippen LogP contribution in [0.5, 0.6) is 5.75 Å². The van der Waals surface area contributed by atoms with Crippen molar-refractivity contribution in [2.24, 2.45) is 0 Å². The second-order valence-electron chi connectivity index (χ2n) is 7.76. The van der Waals surface area contributed by atoms with Crippen LogP contribution in [0, 0.1) is 0 Å². The fourth-order valence-electron chi connectivity index (χ4n) is 3.92. The van der Waals surface area contributed by atoms with Gasteiger partial charge in [0, 0.05) is 16.8 Å². The minimum atomic E-state index is -0.345. The normalized spacial score (nSPS) is 10.6. The summed E-state index contributed by atoms with van der Waals surface area (Å²) in [5.74, 6) is 1.23. The van der Waals surface area contributed by atoms with Gasteiger partial charge in [-0.05, 0) is 36.1 Å². The van der Waals surface area contributed by atoms with E-state index in [0.717, 1.165) is 40.8 Å². The standard InChI is InChI=1S/C28H28N4O2/c1-4-19-14-11-15-20(5-2)25(19)32-28(33)30-23-18-29-27(21-12-7-6-8-13-21)31-26(23)22-16-9-10-17-24(22)34-3/h6-18H,4-5H2,1-3H3,(H2,30,32,33). The van der Waals surface area contributed by atoms with Crippen molar-refractivity contribution >= 4 is 17.4 Å². The highest BCUT2D eigenvalue weighted by molar-refractivity contribution is 6.03. The number of anilines is 2. The number of ether oxygens (including phenoxy) is 1. The smallest absolute Gasteiger partial charge is 0.323 e. The zero-order valence-corrected chi connectivity index (χ0v) is 19.6. The van der Waals surface area contributed by atoms with Gasteiger partial charge >= 0.3 is 6.03 Å². The van der Waals surface area contributed by atoms with Crippen molar-refractivity contribution in [2.45, 2.75) is 26.7 Å². The molecular formula is C28H28N4O2. The molecule has 0 aliphatic heterocycles. The molecule has 4 rings (SSSR count). The number of nitrogens with zero attached hydrogens (tertiary/aromatic N) is 2. The number of carbonyl (C=O) groups excluding carboxylic acids is 1. The molecule has 1 aromatic heterocycles. The molecule has 0 saturated heterocycles. The lowest BCUT2D eigenvalue weighted by Crippen LogP contribution is -2.22. The highest BCUT2D eigenvalue weighted by Crippen LogP contribution is 2.34. The lowest BCUT2D eigenvalue weighted by molar-refractivity contribution is 0.262. The quantitative estimate of drug-likeness (QED) is 0.332. The van der Waals surface area contributed by atoms with E-state index >= 15 is 0 Å². The van der Waals surface area contributed by atoms with Gasteiger partial charge in [0.2, 0.25) is 0 Å². The number of carbonyl (C=O) groups is 1. The molecule has 172 valence electrons. The van der Waals surface area contributed by atoms with Crippen LogP contribution in [0.25, 0.3) is 22.6 Å². The first-order valence-corrected chi connectivity index (χ1v) is 11.4. The van der Waals surface area contributed by atoms with Crippen LogP contribution in [-0.2, 0) is 12.8 Å². The van der Waals surface area contributed by atoms with Crippen molar-refractivity contribution in [3.8, 4) is 28.4 Å². The zero-order chi connectivity index (χ0) is 23.9. The van der Waals surface area contributed by atoms with E-state index in [1.165, 1.54) is 0 Å². The van der Waals surface area contributed by atoms with E-state index in [1.54, 1.807) is 13.3 Å². The lowest BCUT2D eigenvalue weighted by atomic mass is 10.0. The van der Waals surface area contributed by atoms with Crippen LogP contribution in [0.15, 0.2) is 79.0 Å². The van der Waals surface area contributed by atoms with Gasteiger partial charge in [-0.15, -0.1) is 0 Å². The second kappa shape index (κ2) is 10.6. The first kappa shape index (κ1) is 23.0. The Labute approximate surface area is 200 Å². The molecule has 0 bridgehead atoms. The van der Waals surface area contributed by atoms with Gasteiger partial charge in [-0.25, -0.2) is 14.8 Å². The van der Waals surface area contributed by atoms with Crippen molar-refractivity contribution in [3.63, 3.8) is 0 Å². The molecule has 0 atom stereocenters. The summed E-state index contributed by atoms with van der Waals surface area (Å²) in [6.45, 7) is 4.15. The molecule has 0 unspecified atom stereocenters. The van der Waals surface area contributed by atoms with E-state index in [-0.39, 0.29) is 6.03 Å². The molecule has 0 aliphatic rings. The van der Waals surface area contributed by atoms with Gasteiger partial charge in [-0.3, -0.25) is 0 Å². The van der Waals surface area contributed by atoms with Crippen LogP contribution in [0.1, 0.15) is 25.0 Å². The average Bonchev–Trinajstić information content (AvgIpc) is 2.89. The molecule has 4 aromatic rings. The lowest BCUT2D eigenvalue weighted by Gasteiger charge is -2.17. The van der Waals surface area contributed by atoms with Gasteiger partial charge in [0.05, 0.1) is 19.0 Å². The number of aromatic nitrogens is 2. The summed E-state index contributed by atoms with van der Waals surface area (Å²) in [5.41, 5.74) is 5.77. The first-order valence-electron chi connectivity index (χ1n) is 11.4. The minimum absolute atomic E-state index is 0.345. The van der Waals surface area contributed by atoms with E-state index < -0.39 is 0 Å². The Hall–Kier alpha value is -4.19. The maximum Gasteiger partial charge on any atom is 0.323 e. The third-order valence-corrected chi connectivity index (χ3v) is 5.67. The van der Waals surface area contributed by atoms with E-state index in [9.17, 15) is 4.79 Å². The molecule has 3 aromatic carbocycles. The largest absolute Gasteiger partial charge is 0.496 e. The third kappa shape index (κ3) is 4.91. The summed E-state index contributed by atoms with van der Waals surface area (Å²) >= 11 is 0. The zero-order valence-electron chi connectivity index (χ0n) is 19.6. The first-order chi connectivity index (χ1) is 16.6. The number of nitrogens with one attached hydrogen (secondary N) is 2. The van der Waals surface area contributed by atoms with Crippen molar-refractivity contribution in [2.75, 3.05) is 17.7 Å². The summed E-state index contributed by atoms with van der Waals surface area (Å²) in [6.07, 6.45) is 3.29. The Morgan fingerprint density at radius 3 is 2.21 bits per heavy atom. The number of urea groups is 1. The number of hydrogen-bond donors (Lipinski definition) is 2. The fourth-order valence-corrected chi connectivity index (χ4v) is 3.92. The van der Waals surface area contributed by atoms with Crippen molar-refractivity contribution in [3.05, 3.63) is 90.1 Å². The predicted molar refractivity (Wildman–Crippen MR) is 137 cm³/mol. The minimum Gasteiger partial charge on any atom is -0.496 e. The van der Waals surface area contributed by atoms with Gasteiger partial charge in [0.15, 0.2) is 5.82 Å². The SMILES string of the molecule is CCc1cccc(CC)c1NC(=O)Nc1cnc(-c2ccccc2)nc1-c1ccccc1OC. The van der Waals surface area contributed by atoms with Crippen LogP contribution in [0.2, 0.25) is 0 Å². The van der Waals surface area contributed by atoms with E-state index in [1.807, 2.05) is 72.8 Å². The summed E-state index contributed by atoms with van der Waals surface area (Å²) in [5, 5.41) is 6.01. The Balaban J connectivity index is 1.73. The number of aryl methyl sites for hydroxylation is 2. The molecule has 34 heavy (non-hydrogen) atoms. The topological polar surface area (TPSA) is 76.1 Å². The molecule has 0 aliphatic carbocycles. The third-order valence-electron chi connectivity index (χ3n) is 5.67. The number of benzene rings is 3. The number of hydrogen-bond acceptors (Lipinski definition) is 4. The van der Waals surface area contributed by atoms with Crippen LogP contribution in [-0.4, -0.2) is 23.1 Å². The Kier molecular flexibility index (Phi) is 7.18. The summed E-state index contributed by atoms with van der Waals surface area (Å²) < 4.78 is 5.57. The van der Waals surface area contributed by atoms with Crippen LogP contribution < -0.4 is 15.4 Å². The van der Waals surface area contributed by atoms with Crippen LogP contribution >= 0.6 is 0 Å². The number of para-hydroxylation sites is 2. The summed E-state index contributed by atoms with van der Waals surface area (Å²) in [6, 6.07) is 23.1. The van der Waals surface area contributed by atoms with Gasteiger partial charge in [-0.2, -0.15) is 0 Å². The summed E-state index contributed by atoms with van der Waals surface area (Å²) in [7, 11) is 1.62.